The summed E-state index contributed by atoms with van der Waals surface area (Å²) in [6.07, 6.45) is -2.02. The summed E-state index contributed by atoms with van der Waals surface area (Å²) in [5.74, 6) is 0. The Hall–Kier alpha value is -0.940. The quantitative estimate of drug-likeness (QED) is 0.730. The predicted octanol–water partition coefficient (Wildman–Crippen LogP) is 0.595. The molecule has 2 aliphatic rings. The van der Waals surface area contributed by atoms with Crippen LogP contribution in [0.1, 0.15) is 18.1 Å². The van der Waals surface area contributed by atoms with Gasteiger partial charge in [0.1, 0.15) is 18.3 Å². The second-order valence-corrected chi connectivity index (χ2v) is 4.29. The van der Waals surface area contributed by atoms with Crippen molar-refractivity contribution in [2.45, 2.75) is 37.1 Å². The van der Waals surface area contributed by atoms with Gasteiger partial charge in [0.25, 0.3) is 0 Å². The van der Waals surface area contributed by atoms with Gasteiger partial charge >= 0.3 is 0 Å². The van der Waals surface area contributed by atoms with Crippen LogP contribution in [0.2, 0.25) is 0 Å². The van der Waals surface area contributed by atoms with E-state index >= 15 is 0 Å². The summed E-state index contributed by atoms with van der Waals surface area (Å²) in [6.45, 7) is 0. The standard InChI is InChI=1S/C12H14O4/c13-9-6-8-12(16-9)10(14)11(15-8)7-4-2-1-3-5-7/h1-5,8-14H,6H2/t8?,9?,10-,11-,12-/m0/s1. The Morgan fingerprint density at radius 2 is 1.81 bits per heavy atom. The van der Waals surface area contributed by atoms with Gasteiger partial charge in [0.15, 0.2) is 6.29 Å². The van der Waals surface area contributed by atoms with Crippen molar-refractivity contribution >= 4 is 0 Å². The fraction of sp³-hybridized carbons (Fsp3) is 0.500. The molecule has 0 amide bonds. The highest BCUT2D eigenvalue weighted by Gasteiger charge is 2.50. The predicted molar refractivity (Wildman–Crippen MR) is 55.6 cm³/mol. The SMILES string of the molecule is OC1CC2O[C@@H](c3ccccc3)[C@H](O)[C@H]2O1. The van der Waals surface area contributed by atoms with E-state index in [1.54, 1.807) is 0 Å². The zero-order valence-corrected chi connectivity index (χ0v) is 8.69. The van der Waals surface area contributed by atoms with Gasteiger partial charge in [-0.2, -0.15) is 0 Å². The van der Waals surface area contributed by atoms with Crippen LogP contribution in [0.25, 0.3) is 0 Å². The summed E-state index contributed by atoms with van der Waals surface area (Å²) in [6, 6.07) is 9.59. The summed E-state index contributed by atoms with van der Waals surface area (Å²) < 4.78 is 10.9. The van der Waals surface area contributed by atoms with Crippen LogP contribution in [0.15, 0.2) is 30.3 Å². The van der Waals surface area contributed by atoms with Gasteiger partial charge < -0.3 is 19.7 Å². The molecule has 0 spiro atoms. The van der Waals surface area contributed by atoms with Gasteiger partial charge in [0.05, 0.1) is 6.10 Å². The largest absolute Gasteiger partial charge is 0.387 e. The Morgan fingerprint density at radius 3 is 2.50 bits per heavy atom. The molecule has 0 aromatic heterocycles. The number of rotatable bonds is 1. The third-order valence-corrected chi connectivity index (χ3v) is 3.21. The molecule has 5 atom stereocenters. The summed E-state index contributed by atoms with van der Waals surface area (Å²) in [5.41, 5.74) is 0.947. The van der Waals surface area contributed by atoms with Gasteiger partial charge in [-0.3, -0.25) is 0 Å². The second kappa shape index (κ2) is 3.82. The maximum Gasteiger partial charge on any atom is 0.157 e. The van der Waals surface area contributed by atoms with E-state index in [-0.39, 0.29) is 12.2 Å². The zero-order valence-electron chi connectivity index (χ0n) is 8.69. The fourth-order valence-electron chi connectivity index (χ4n) is 2.45. The van der Waals surface area contributed by atoms with Gasteiger partial charge in [-0.25, -0.2) is 0 Å². The first-order valence-electron chi connectivity index (χ1n) is 5.48. The Labute approximate surface area is 93.4 Å². The number of fused-ring (bicyclic) bond motifs is 1. The monoisotopic (exact) mass is 222 g/mol. The molecule has 2 heterocycles. The molecule has 4 nitrogen and oxygen atoms in total. The average Bonchev–Trinajstić information content (AvgIpc) is 2.79. The topological polar surface area (TPSA) is 58.9 Å². The van der Waals surface area contributed by atoms with Gasteiger partial charge in [-0.15, -0.1) is 0 Å². The number of aliphatic hydroxyl groups excluding tert-OH is 2. The molecule has 0 saturated carbocycles. The number of hydrogen-bond acceptors (Lipinski definition) is 4. The van der Waals surface area contributed by atoms with Gasteiger partial charge in [-0.1, -0.05) is 30.3 Å². The van der Waals surface area contributed by atoms with Crippen LogP contribution in [0, 0.1) is 0 Å². The minimum absolute atomic E-state index is 0.199. The zero-order chi connectivity index (χ0) is 11.1. The van der Waals surface area contributed by atoms with Crippen molar-refractivity contribution in [1.82, 2.24) is 0 Å². The van der Waals surface area contributed by atoms with Gasteiger partial charge in [0, 0.05) is 6.42 Å². The van der Waals surface area contributed by atoms with Gasteiger partial charge in [0.2, 0.25) is 0 Å². The highest BCUT2D eigenvalue weighted by atomic mass is 16.7. The number of benzene rings is 1. The molecule has 2 saturated heterocycles. The second-order valence-electron chi connectivity index (χ2n) is 4.29. The van der Waals surface area contributed by atoms with E-state index in [1.165, 1.54) is 0 Å². The van der Waals surface area contributed by atoms with Crippen LogP contribution in [-0.4, -0.2) is 34.8 Å². The third-order valence-electron chi connectivity index (χ3n) is 3.21. The molecule has 2 unspecified atom stereocenters. The molecule has 1 aromatic carbocycles. The van der Waals surface area contributed by atoms with Crippen LogP contribution in [0.4, 0.5) is 0 Å². The summed E-state index contributed by atoms with van der Waals surface area (Å²) >= 11 is 0. The van der Waals surface area contributed by atoms with E-state index in [2.05, 4.69) is 0 Å². The normalized spacial score (nSPS) is 42.2. The highest BCUT2D eigenvalue weighted by Crippen LogP contribution is 2.40. The van der Waals surface area contributed by atoms with E-state index in [0.717, 1.165) is 5.56 Å². The van der Waals surface area contributed by atoms with E-state index in [9.17, 15) is 10.2 Å². The molecule has 0 radical (unpaired) electrons. The van der Waals surface area contributed by atoms with Crippen molar-refractivity contribution in [3.8, 4) is 0 Å². The Bertz CT molecular complexity index is 367. The minimum Gasteiger partial charge on any atom is -0.387 e. The Balaban J connectivity index is 1.81. The molecule has 1 aromatic rings. The number of hydrogen-bond donors (Lipinski definition) is 2. The Morgan fingerprint density at radius 1 is 1.06 bits per heavy atom. The molecular weight excluding hydrogens is 208 g/mol. The van der Waals surface area contributed by atoms with Gasteiger partial charge in [-0.05, 0) is 5.56 Å². The average molecular weight is 222 g/mol. The maximum atomic E-state index is 10.1. The van der Waals surface area contributed by atoms with Crippen LogP contribution < -0.4 is 0 Å². The van der Waals surface area contributed by atoms with Crippen LogP contribution in [0.3, 0.4) is 0 Å². The number of aliphatic hydroxyl groups is 2. The third kappa shape index (κ3) is 1.55. The lowest BCUT2D eigenvalue weighted by Gasteiger charge is -2.18. The first-order valence-corrected chi connectivity index (χ1v) is 5.48. The molecule has 4 heteroatoms. The van der Waals surface area contributed by atoms with Crippen molar-refractivity contribution in [3.05, 3.63) is 35.9 Å². The molecule has 2 fully saturated rings. The number of ether oxygens (including phenoxy) is 2. The lowest BCUT2D eigenvalue weighted by molar-refractivity contribution is -0.122. The van der Waals surface area contributed by atoms with E-state index < -0.39 is 18.5 Å². The fourth-order valence-corrected chi connectivity index (χ4v) is 2.45. The van der Waals surface area contributed by atoms with Crippen molar-refractivity contribution in [1.29, 1.82) is 0 Å². The van der Waals surface area contributed by atoms with Crippen LogP contribution in [0.5, 0.6) is 0 Å². The molecule has 3 rings (SSSR count). The van der Waals surface area contributed by atoms with Crippen molar-refractivity contribution < 1.29 is 19.7 Å². The smallest absolute Gasteiger partial charge is 0.157 e. The van der Waals surface area contributed by atoms with Crippen LogP contribution >= 0.6 is 0 Å². The van der Waals surface area contributed by atoms with Crippen molar-refractivity contribution in [3.63, 3.8) is 0 Å². The first-order chi connectivity index (χ1) is 7.75. The molecular formula is C12H14O4. The van der Waals surface area contributed by atoms with Crippen LogP contribution in [-0.2, 0) is 9.47 Å². The molecule has 86 valence electrons. The lowest BCUT2D eigenvalue weighted by Crippen LogP contribution is -2.28. The van der Waals surface area contributed by atoms with E-state index in [1.807, 2.05) is 30.3 Å². The maximum absolute atomic E-state index is 10.1. The first kappa shape index (κ1) is 10.2. The van der Waals surface area contributed by atoms with Crippen molar-refractivity contribution in [2.75, 3.05) is 0 Å². The molecule has 2 aliphatic heterocycles. The molecule has 2 N–H and O–H groups in total. The summed E-state index contributed by atoms with van der Waals surface area (Å²) in [7, 11) is 0. The van der Waals surface area contributed by atoms with E-state index in [0.29, 0.717) is 6.42 Å². The van der Waals surface area contributed by atoms with Crippen molar-refractivity contribution in [2.24, 2.45) is 0 Å². The summed E-state index contributed by atoms with van der Waals surface area (Å²) in [4.78, 5) is 0. The highest BCUT2D eigenvalue weighted by molar-refractivity contribution is 5.21. The minimum atomic E-state index is -0.804. The molecule has 0 aliphatic carbocycles. The summed E-state index contributed by atoms with van der Waals surface area (Å²) in [5, 5.41) is 19.4. The van der Waals surface area contributed by atoms with E-state index in [4.69, 9.17) is 9.47 Å². The molecule has 16 heavy (non-hydrogen) atoms. The lowest BCUT2D eigenvalue weighted by atomic mass is 10.0. The molecule has 0 bridgehead atoms. The Kier molecular flexibility index (Phi) is 2.44.